The van der Waals surface area contributed by atoms with Crippen molar-refractivity contribution < 1.29 is 9.18 Å². The van der Waals surface area contributed by atoms with E-state index in [-0.39, 0.29) is 17.0 Å². The Labute approximate surface area is 111 Å². The lowest BCUT2D eigenvalue weighted by Gasteiger charge is -2.15. The molecule has 0 radical (unpaired) electrons. The molecule has 1 heterocycles. The van der Waals surface area contributed by atoms with E-state index in [1.165, 1.54) is 12.1 Å². The molecule has 0 bridgehead atoms. The van der Waals surface area contributed by atoms with Crippen LogP contribution in [0.5, 0.6) is 0 Å². The zero-order valence-corrected chi connectivity index (χ0v) is 10.8. The van der Waals surface area contributed by atoms with Crippen LogP contribution in [0.2, 0.25) is 5.02 Å². The fourth-order valence-corrected chi connectivity index (χ4v) is 2.17. The fourth-order valence-electron chi connectivity index (χ4n) is 2.06. The number of rotatable bonds is 2. The van der Waals surface area contributed by atoms with Crippen molar-refractivity contribution in [1.82, 2.24) is 5.32 Å². The van der Waals surface area contributed by atoms with Gasteiger partial charge >= 0.3 is 0 Å². The van der Waals surface area contributed by atoms with Crippen LogP contribution in [0, 0.1) is 5.82 Å². The van der Waals surface area contributed by atoms with Crippen LogP contribution < -0.4 is 10.6 Å². The maximum Gasteiger partial charge on any atom is 0.241 e. The van der Waals surface area contributed by atoms with E-state index >= 15 is 0 Å². The third-order valence-electron chi connectivity index (χ3n) is 3.06. The van der Waals surface area contributed by atoms with Gasteiger partial charge in [0.05, 0.1) is 11.1 Å². The molecule has 1 fully saturated rings. The van der Waals surface area contributed by atoms with E-state index in [1.807, 2.05) is 0 Å². The third kappa shape index (κ3) is 3.43. The molecular formula is C13H16ClFN2O. The number of anilines is 1. The molecule has 0 spiro atoms. The van der Waals surface area contributed by atoms with E-state index in [0.717, 1.165) is 32.2 Å². The van der Waals surface area contributed by atoms with Crippen LogP contribution in [-0.4, -0.2) is 18.5 Å². The van der Waals surface area contributed by atoms with Gasteiger partial charge in [-0.05, 0) is 37.6 Å². The molecule has 1 amide bonds. The van der Waals surface area contributed by atoms with Crippen molar-refractivity contribution in [3.05, 3.63) is 29.0 Å². The molecule has 98 valence electrons. The standard InChI is InChI=1S/C13H16ClFN2O/c14-10-6-5-9(8-11(10)15)17-13(18)12-4-2-1-3-7-16-12/h5-6,8,12,16H,1-4,7H2,(H,17,18). The number of amides is 1. The van der Waals surface area contributed by atoms with Crippen molar-refractivity contribution in [2.45, 2.75) is 31.7 Å². The Kier molecular flexibility index (Phi) is 4.55. The van der Waals surface area contributed by atoms with Gasteiger partial charge in [0.1, 0.15) is 5.82 Å². The maximum atomic E-state index is 13.2. The van der Waals surface area contributed by atoms with E-state index in [4.69, 9.17) is 11.6 Å². The number of carbonyl (C=O) groups is 1. The van der Waals surface area contributed by atoms with Crippen LogP contribution in [0.1, 0.15) is 25.7 Å². The summed E-state index contributed by atoms with van der Waals surface area (Å²) in [5.41, 5.74) is 0.438. The van der Waals surface area contributed by atoms with E-state index in [0.29, 0.717) is 5.69 Å². The first-order valence-corrected chi connectivity index (χ1v) is 6.54. The summed E-state index contributed by atoms with van der Waals surface area (Å²) in [4.78, 5) is 12.0. The van der Waals surface area contributed by atoms with Crippen LogP contribution in [0.4, 0.5) is 10.1 Å². The van der Waals surface area contributed by atoms with Crippen LogP contribution in [-0.2, 0) is 4.79 Å². The molecule has 1 unspecified atom stereocenters. The quantitative estimate of drug-likeness (QED) is 0.868. The number of hydrogen-bond donors (Lipinski definition) is 2. The minimum atomic E-state index is -0.525. The number of benzene rings is 1. The lowest BCUT2D eigenvalue weighted by Crippen LogP contribution is -2.39. The van der Waals surface area contributed by atoms with Crippen molar-refractivity contribution >= 4 is 23.2 Å². The van der Waals surface area contributed by atoms with Gasteiger partial charge in [-0.25, -0.2) is 4.39 Å². The van der Waals surface area contributed by atoms with Gasteiger partial charge in [-0.15, -0.1) is 0 Å². The second kappa shape index (κ2) is 6.16. The molecular weight excluding hydrogens is 255 g/mol. The van der Waals surface area contributed by atoms with Gasteiger partial charge < -0.3 is 10.6 Å². The first-order valence-electron chi connectivity index (χ1n) is 6.16. The Morgan fingerprint density at radius 3 is 3.00 bits per heavy atom. The zero-order chi connectivity index (χ0) is 13.0. The van der Waals surface area contributed by atoms with Gasteiger partial charge in [-0.1, -0.05) is 24.4 Å². The first-order chi connectivity index (χ1) is 8.66. The monoisotopic (exact) mass is 270 g/mol. The minimum Gasteiger partial charge on any atom is -0.325 e. The summed E-state index contributed by atoms with van der Waals surface area (Å²) in [6.45, 7) is 0.854. The van der Waals surface area contributed by atoms with Gasteiger partial charge in [0.25, 0.3) is 0 Å². The Balaban J connectivity index is 1.99. The minimum absolute atomic E-state index is 0.0561. The highest BCUT2D eigenvalue weighted by Gasteiger charge is 2.19. The van der Waals surface area contributed by atoms with Crippen molar-refractivity contribution in [1.29, 1.82) is 0 Å². The summed E-state index contributed by atoms with van der Waals surface area (Å²) < 4.78 is 13.2. The van der Waals surface area contributed by atoms with E-state index in [1.54, 1.807) is 6.07 Å². The van der Waals surface area contributed by atoms with Gasteiger partial charge in [0, 0.05) is 5.69 Å². The van der Waals surface area contributed by atoms with Crippen molar-refractivity contribution in [3.8, 4) is 0 Å². The molecule has 1 atom stereocenters. The molecule has 1 saturated heterocycles. The average molecular weight is 271 g/mol. The smallest absolute Gasteiger partial charge is 0.241 e. The highest BCUT2D eigenvalue weighted by molar-refractivity contribution is 6.30. The van der Waals surface area contributed by atoms with Gasteiger partial charge in [0.2, 0.25) is 5.91 Å². The van der Waals surface area contributed by atoms with Gasteiger partial charge in [-0.2, -0.15) is 0 Å². The summed E-state index contributed by atoms with van der Waals surface area (Å²) >= 11 is 5.59. The molecule has 1 aliphatic rings. The van der Waals surface area contributed by atoms with Crippen LogP contribution in [0.25, 0.3) is 0 Å². The number of halogens is 2. The lowest BCUT2D eigenvalue weighted by atomic mass is 10.1. The highest BCUT2D eigenvalue weighted by atomic mass is 35.5. The fraction of sp³-hybridized carbons (Fsp3) is 0.462. The van der Waals surface area contributed by atoms with Crippen molar-refractivity contribution in [2.75, 3.05) is 11.9 Å². The molecule has 1 aliphatic heterocycles. The van der Waals surface area contributed by atoms with Crippen molar-refractivity contribution in [3.63, 3.8) is 0 Å². The highest BCUT2D eigenvalue weighted by Crippen LogP contribution is 2.19. The average Bonchev–Trinajstić information content (AvgIpc) is 2.62. The molecule has 1 aromatic rings. The molecule has 18 heavy (non-hydrogen) atoms. The molecule has 0 aromatic heterocycles. The predicted octanol–water partition coefficient (Wildman–Crippen LogP) is 2.95. The Bertz CT molecular complexity index is 431. The summed E-state index contributed by atoms with van der Waals surface area (Å²) in [7, 11) is 0. The summed E-state index contributed by atoms with van der Waals surface area (Å²) in [5.74, 6) is -0.637. The zero-order valence-electron chi connectivity index (χ0n) is 10.0. The first kappa shape index (κ1) is 13.3. The number of hydrogen-bond acceptors (Lipinski definition) is 2. The van der Waals surface area contributed by atoms with Crippen LogP contribution >= 0.6 is 11.6 Å². The van der Waals surface area contributed by atoms with E-state index < -0.39 is 5.82 Å². The largest absolute Gasteiger partial charge is 0.325 e. The molecule has 1 aromatic carbocycles. The molecule has 2 N–H and O–H groups in total. The molecule has 0 aliphatic carbocycles. The van der Waals surface area contributed by atoms with E-state index in [9.17, 15) is 9.18 Å². The van der Waals surface area contributed by atoms with Gasteiger partial charge in [-0.3, -0.25) is 4.79 Å². The second-order valence-electron chi connectivity index (χ2n) is 4.47. The third-order valence-corrected chi connectivity index (χ3v) is 3.37. The summed E-state index contributed by atoms with van der Waals surface area (Å²) in [6.07, 6.45) is 4.10. The van der Waals surface area contributed by atoms with Crippen molar-refractivity contribution in [2.24, 2.45) is 0 Å². The normalized spacial score (nSPS) is 20.2. The summed E-state index contributed by atoms with van der Waals surface area (Å²) in [6, 6.07) is 4.08. The Hall–Kier alpha value is -1.13. The molecule has 3 nitrogen and oxygen atoms in total. The summed E-state index contributed by atoms with van der Waals surface area (Å²) in [5, 5.41) is 5.96. The SMILES string of the molecule is O=C(Nc1ccc(Cl)c(F)c1)C1CCCCCN1. The maximum absolute atomic E-state index is 13.2. The molecule has 2 rings (SSSR count). The lowest BCUT2D eigenvalue weighted by molar-refractivity contribution is -0.118. The molecule has 0 saturated carbocycles. The van der Waals surface area contributed by atoms with Gasteiger partial charge in [0.15, 0.2) is 0 Å². The van der Waals surface area contributed by atoms with Crippen LogP contribution in [0.3, 0.4) is 0 Å². The number of nitrogens with one attached hydrogen (secondary N) is 2. The predicted molar refractivity (Wildman–Crippen MR) is 70.3 cm³/mol. The number of carbonyl (C=O) groups excluding carboxylic acids is 1. The topological polar surface area (TPSA) is 41.1 Å². The van der Waals surface area contributed by atoms with E-state index in [2.05, 4.69) is 10.6 Å². The molecule has 5 heteroatoms. The Morgan fingerprint density at radius 2 is 2.22 bits per heavy atom. The Morgan fingerprint density at radius 1 is 1.39 bits per heavy atom. The second-order valence-corrected chi connectivity index (χ2v) is 4.88. The van der Waals surface area contributed by atoms with Crippen LogP contribution in [0.15, 0.2) is 18.2 Å².